The Bertz CT molecular complexity index is 874. The Kier molecular flexibility index (Phi) is 6.53. The second kappa shape index (κ2) is 9.07. The largest absolute Gasteiger partial charge is 0.507 e. The van der Waals surface area contributed by atoms with E-state index in [1.54, 1.807) is 29.2 Å². The molecule has 1 saturated heterocycles. The van der Waals surface area contributed by atoms with Gasteiger partial charge in [-0.25, -0.2) is 0 Å². The van der Waals surface area contributed by atoms with Crippen molar-refractivity contribution in [3.8, 4) is 0 Å². The molecule has 1 atom stereocenters. The lowest BCUT2D eigenvalue weighted by Gasteiger charge is -2.25. The van der Waals surface area contributed by atoms with Gasteiger partial charge in [0.25, 0.3) is 11.7 Å². The van der Waals surface area contributed by atoms with Crippen LogP contribution in [0.1, 0.15) is 49.8 Å². The standard InChI is InChI=1S/C23H24ClNO3/c1-2-3-4-8-15-25-20(16-9-6-5-7-10-16)19(22(27)23(25)28)21(26)17-11-13-18(24)14-12-17/h5-7,9-14,20,26H,2-4,8,15H2,1H3/b21-19+. The number of aliphatic hydroxyl groups is 1. The second-order valence-electron chi connectivity index (χ2n) is 6.97. The number of aliphatic hydroxyl groups excluding tert-OH is 1. The minimum absolute atomic E-state index is 0.133. The van der Waals surface area contributed by atoms with Gasteiger partial charge in [0.15, 0.2) is 0 Å². The molecule has 1 heterocycles. The van der Waals surface area contributed by atoms with Gasteiger partial charge in [-0.2, -0.15) is 0 Å². The number of rotatable bonds is 7. The molecule has 0 aliphatic carbocycles. The van der Waals surface area contributed by atoms with Crippen LogP contribution in [-0.2, 0) is 9.59 Å². The monoisotopic (exact) mass is 397 g/mol. The molecule has 0 spiro atoms. The first-order chi connectivity index (χ1) is 13.5. The van der Waals surface area contributed by atoms with Crippen molar-refractivity contribution in [3.63, 3.8) is 0 Å². The first-order valence-corrected chi connectivity index (χ1v) is 10.0. The molecule has 0 aromatic heterocycles. The lowest BCUT2D eigenvalue weighted by Crippen LogP contribution is -2.30. The van der Waals surface area contributed by atoms with Crippen LogP contribution in [0.4, 0.5) is 0 Å². The van der Waals surface area contributed by atoms with Crippen LogP contribution < -0.4 is 0 Å². The molecule has 1 aliphatic heterocycles. The summed E-state index contributed by atoms with van der Waals surface area (Å²) >= 11 is 5.93. The first kappa shape index (κ1) is 20.2. The molecule has 1 amide bonds. The van der Waals surface area contributed by atoms with E-state index < -0.39 is 17.7 Å². The fraction of sp³-hybridized carbons (Fsp3) is 0.304. The molecule has 1 fully saturated rings. The summed E-state index contributed by atoms with van der Waals surface area (Å²) < 4.78 is 0. The van der Waals surface area contributed by atoms with Crippen LogP contribution in [0.25, 0.3) is 5.76 Å². The number of unbranched alkanes of at least 4 members (excludes halogenated alkanes) is 3. The van der Waals surface area contributed by atoms with E-state index in [1.807, 2.05) is 30.3 Å². The smallest absolute Gasteiger partial charge is 0.295 e. The number of carbonyl (C=O) groups is 2. The Morgan fingerprint density at radius 2 is 1.68 bits per heavy atom. The summed E-state index contributed by atoms with van der Waals surface area (Å²) in [5, 5.41) is 11.4. The van der Waals surface area contributed by atoms with Gasteiger partial charge in [-0.15, -0.1) is 0 Å². The SMILES string of the molecule is CCCCCCN1C(=O)C(=O)/C(=C(/O)c2ccc(Cl)cc2)C1c1ccccc1. The van der Waals surface area contributed by atoms with Crippen molar-refractivity contribution < 1.29 is 14.7 Å². The number of Topliss-reactive ketones (excluding diaryl/α,β-unsaturated/α-hetero) is 1. The van der Waals surface area contributed by atoms with Crippen LogP contribution >= 0.6 is 11.6 Å². The van der Waals surface area contributed by atoms with Crippen LogP contribution in [-0.4, -0.2) is 28.2 Å². The van der Waals surface area contributed by atoms with E-state index in [2.05, 4.69) is 6.92 Å². The number of carbonyl (C=O) groups excluding carboxylic acids is 2. The highest BCUT2D eigenvalue weighted by atomic mass is 35.5. The maximum Gasteiger partial charge on any atom is 0.295 e. The third-order valence-corrected chi connectivity index (χ3v) is 5.28. The van der Waals surface area contributed by atoms with Crippen LogP contribution in [0.5, 0.6) is 0 Å². The van der Waals surface area contributed by atoms with Crippen molar-refractivity contribution in [2.75, 3.05) is 6.54 Å². The maximum atomic E-state index is 12.8. The molecule has 5 heteroatoms. The van der Waals surface area contributed by atoms with Crippen LogP contribution in [0.2, 0.25) is 5.02 Å². The second-order valence-corrected chi connectivity index (χ2v) is 7.41. The molecule has 2 aromatic rings. The Labute approximate surface area is 170 Å². The number of nitrogens with zero attached hydrogens (tertiary/aromatic N) is 1. The molecule has 1 unspecified atom stereocenters. The van der Waals surface area contributed by atoms with Gasteiger partial charge in [0.2, 0.25) is 0 Å². The Morgan fingerprint density at radius 1 is 1.00 bits per heavy atom. The molecule has 3 rings (SSSR count). The molecular weight excluding hydrogens is 374 g/mol. The van der Waals surface area contributed by atoms with E-state index in [9.17, 15) is 14.7 Å². The summed E-state index contributed by atoms with van der Waals surface area (Å²) in [5.74, 6) is -1.36. The fourth-order valence-electron chi connectivity index (χ4n) is 3.56. The average Bonchev–Trinajstić information content (AvgIpc) is 2.97. The number of ketones is 1. The Balaban J connectivity index is 2.03. The Hall–Kier alpha value is -2.59. The number of amides is 1. The van der Waals surface area contributed by atoms with E-state index in [1.165, 1.54) is 0 Å². The molecule has 28 heavy (non-hydrogen) atoms. The molecule has 0 saturated carbocycles. The molecule has 4 nitrogen and oxygen atoms in total. The van der Waals surface area contributed by atoms with E-state index in [-0.39, 0.29) is 11.3 Å². The molecule has 2 aromatic carbocycles. The third kappa shape index (κ3) is 4.12. The van der Waals surface area contributed by atoms with Gasteiger partial charge in [-0.1, -0.05) is 68.1 Å². The predicted octanol–water partition coefficient (Wildman–Crippen LogP) is 5.34. The van der Waals surface area contributed by atoms with Gasteiger partial charge in [0.1, 0.15) is 5.76 Å². The lowest BCUT2D eigenvalue weighted by atomic mass is 9.95. The van der Waals surface area contributed by atoms with Gasteiger partial charge in [-0.05, 0) is 36.2 Å². The van der Waals surface area contributed by atoms with Crippen molar-refractivity contribution in [1.29, 1.82) is 0 Å². The van der Waals surface area contributed by atoms with E-state index in [0.29, 0.717) is 17.1 Å². The first-order valence-electron chi connectivity index (χ1n) is 9.64. The van der Waals surface area contributed by atoms with Crippen molar-refractivity contribution in [3.05, 3.63) is 76.3 Å². The molecule has 1 N–H and O–H groups in total. The summed E-state index contributed by atoms with van der Waals surface area (Å²) in [6, 6.07) is 15.4. The van der Waals surface area contributed by atoms with E-state index in [0.717, 1.165) is 31.2 Å². The third-order valence-electron chi connectivity index (χ3n) is 5.03. The number of halogens is 1. The molecule has 1 aliphatic rings. The summed E-state index contributed by atoms with van der Waals surface area (Å²) in [6.07, 6.45) is 4.01. The zero-order chi connectivity index (χ0) is 20.1. The average molecular weight is 398 g/mol. The predicted molar refractivity (Wildman–Crippen MR) is 111 cm³/mol. The topological polar surface area (TPSA) is 57.6 Å². The van der Waals surface area contributed by atoms with Gasteiger partial charge >= 0.3 is 0 Å². The normalized spacial score (nSPS) is 18.6. The van der Waals surface area contributed by atoms with E-state index in [4.69, 9.17) is 11.6 Å². The number of hydrogen-bond donors (Lipinski definition) is 1. The molecule has 0 bridgehead atoms. The quantitative estimate of drug-likeness (QED) is 0.297. The Morgan fingerprint density at radius 3 is 2.32 bits per heavy atom. The maximum absolute atomic E-state index is 12.8. The van der Waals surface area contributed by atoms with Crippen LogP contribution in [0.15, 0.2) is 60.2 Å². The minimum Gasteiger partial charge on any atom is -0.507 e. The molecular formula is C23H24ClNO3. The van der Waals surface area contributed by atoms with Crippen LogP contribution in [0.3, 0.4) is 0 Å². The van der Waals surface area contributed by atoms with Crippen molar-refractivity contribution in [1.82, 2.24) is 4.90 Å². The van der Waals surface area contributed by atoms with Crippen LogP contribution in [0, 0.1) is 0 Å². The highest BCUT2D eigenvalue weighted by molar-refractivity contribution is 6.46. The number of likely N-dealkylation sites (tertiary alicyclic amines) is 1. The minimum atomic E-state index is -0.642. The van der Waals surface area contributed by atoms with Crippen molar-refractivity contribution in [2.24, 2.45) is 0 Å². The molecule has 146 valence electrons. The van der Waals surface area contributed by atoms with Gasteiger partial charge in [0.05, 0.1) is 11.6 Å². The number of benzene rings is 2. The highest BCUT2D eigenvalue weighted by Crippen LogP contribution is 2.39. The van der Waals surface area contributed by atoms with Crippen molar-refractivity contribution >= 4 is 29.1 Å². The zero-order valence-corrected chi connectivity index (χ0v) is 16.7. The van der Waals surface area contributed by atoms with Gasteiger partial charge in [0, 0.05) is 17.1 Å². The fourth-order valence-corrected chi connectivity index (χ4v) is 3.69. The summed E-state index contributed by atoms with van der Waals surface area (Å²) in [4.78, 5) is 27.2. The summed E-state index contributed by atoms with van der Waals surface area (Å²) in [6.45, 7) is 2.61. The van der Waals surface area contributed by atoms with E-state index >= 15 is 0 Å². The van der Waals surface area contributed by atoms with Gasteiger partial charge in [-0.3, -0.25) is 9.59 Å². The number of hydrogen-bond acceptors (Lipinski definition) is 3. The molecule has 0 radical (unpaired) electrons. The highest BCUT2D eigenvalue weighted by Gasteiger charge is 2.45. The summed E-state index contributed by atoms with van der Waals surface area (Å²) in [7, 11) is 0. The zero-order valence-electron chi connectivity index (χ0n) is 15.9. The summed E-state index contributed by atoms with van der Waals surface area (Å²) in [5.41, 5.74) is 1.41. The van der Waals surface area contributed by atoms with Crippen molar-refractivity contribution in [2.45, 2.75) is 38.6 Å². The van der Waals surface area contributed by atoms with Gasteiger partial charge < -0.3 is 10.0 Å². The lowest BCUT2D eigenvalue weighted by molar-refractivity contribution is -0.139.